The molecule has 0 saturated carbocycles. The fraction of sp³-hybridized carbons (Fsp3) is 0.182. The molecular weight excluding hydrogens is 284 g/mol. The molecule has 1 N–H and O–H groups in total. The normalized spacial score (nSPS) is 11.2. The third-order valence-corrected chi connectivity index (χ3v) is 2.76. The van der Waals surface area contributed by atoms with Crippen LogP contribution in [-0.4, -0.2) is 22.9 Å². The van der Waals surface area contributed by atoms with Gasteiger partial charge in [-0.3, -0.25) is 14.8 Å². The van der Waals surface area contributed by atoms with E-state index in [1.54, 1.807) is 24.3 Å². The first-order chi connectivity index (χ1) is 9.61. The molecule has 0 saturated heterocycles. The molecule has 0 fully saturated rings. The second kappa shape index (κ2) is 5.99. The lowest BCUT2D eigenvalue weighted by Crippen LogP contribution is -2.37. The number of aromatic nitrogens is 3. The molecule has 8 nitrogen and oxygen atoms in total. The highest BCUT2D eigenvalue weighted by molar-refractivity contribution is 6.31. The lowest BCUT2D eigenvalue weighted by Gasteiger charge is -2.05. The van der Waals surface area contributed by atoms with Crippen LogP contribution in [0.25, 0.3) is 5.69 Å². The molecule has 0 aliphatic heterocycles. The van der Waals surface area contributed by atoms with Gasteiger partial charge >= 0.3 is 6.01 Å². The van der Waals surface area contributed by atoms with Crippen molar-refractivity contribution in [3.8, 4) is 11.8 Å². The summed E-state index contributed by atoms with van der Waals surface area (Å²) in [5, 5.41) is 30.0. The first-order valence-corrected chi connectivity index (χ1v) is 5.87. The molecule has 0 unspecified atom stereocenters. The van der Waals surface area contributed by atoms with E-state index in [-0.39, 0.29) is 12.6 Å². The number of nitrogens with zero attached hydrogens (tertiary/aromatic N) is 5. The highest BCUT2D eigenvalue weighted by Crippen LogP contribution is 2.18. The largest absolute Gasteiger partial charge is 0.846 e. The van der Waals surface area contributed by atoms with Gasteiger partial charge in [0.25, 0.3) is 5.69 Å². The first-order valence-electron chi connectivity index (χ1n) is 5.49. The van der Waals surface area contributed by atoms with Gasteiger partial charge in [0, 0.05) is 11.6 Å². The summed E-state index contributed by atoms with van der Waals surface area (Å²) in [6.45, 7) is 1.56. The van der Waals surface area contributed by atoms with Crippen molar-refractivity contribution in [2.75, 3.05) is 11.9 Å². The average Bonchev–Trinajstić information content (AvgIpc) is 2.88. The number of hydrogen-bond acceptors (Lipinski definition) is 6. The third-order valence-electron chi connectivity index (χ3n) is 2.35. The summed E-state index contributed by atoms with van der Waals surface area (Å²) in [7, 11) is 0. The Morgan fingerprint density at radius 3 is 3.20 bits per heavy atom. The number of aliphatic imine (C=N–C) groups is 1. The second-order valence-electron chi connectivity index (χ2n) is 3.66. The molecule has 1 aromatic carbocycles. The van der Waals surface area contributed by atoms with E-state index >= 15 is 0 Å². The van der Waals surface area contributed by atoms with Crippen LogP contribution in [0.15, 0.2) is 27.7 Å². The number of halogens is 1. The number of hydrogen-bond donors (Lipinski definition) is 1. The average molecular weight is 293 g/mol. The number of benzene rings is 1. The second-order valence-corrected chi connectivity index (χ2v) is 4.06. The Bertz CT molecular complexity index is 690. The van der Waals surface area contributed by atoms with E-state index < -0.39 is 6.02 Å². The molecule has 9 heteroatoms. The summed E-state index contributed by atoms with van der Waals surface area (Å²) in [5.41, 5.74) is 1.39. The minimum atomic E-state index is -0.731. The summed E-state index contributed by atoms with van der Waals surface area (Å²) < 4.78 is 4.85. The summed E-state index contributed by atoms with van der Waals surface area (Å²) in [6, 6.07) is 6.09. The Hall–Kier alpha value is -2.66. The van der Waals surface area contributed by atoms with Gasteiger partial charge in [-0.15, -0.1) is 0 Å². The number of anilines is 1. The van der Waals surface area contributed by atoms with Crippen LogP contribution in [0.1, 0.15) is 5.56 Å². The predicted molar refractivity (Wildman–Crippen MR) is 67.1 cm³/mol. The molecule has 0 atom stereocenters. The van der Waals surface area contributed by atoms with Gasteiger partial charge in [-0.2, -0.15) is 5.26 Å². The van der Waals surface area contributed by atoms with Crippen molar-refractivity contribution in [3.05, 3.63) is 28.8 Å². The van der Waals surface area contributed by atoms with Gasteiger partial charge in [-0.05, 0) is 13.0 Å². The van der Waals surface area contributed by atoms with E-state index in [1.807, 2.05) is 6.92 Å². The van der Waals surface area contributed by atoms with Gasteiger partial charge in [-0.25, -0.2) is 0 Å². The molecule has 20 heavy (non-hydrogen) atoms. The van der Waals surface area contributed by atoms with E-state index in [1.165, 1.54) is 4.80 Å². The Labute approximate surface area is 118 Å². The van der Waals surface area contributed by atoms with Crippen LogP contribution in [0.3, 0.4) is 0 Å². The maximum Gasteiger partial charge on any atom is 0.394 e. The fourth-order valence-electron chi connectivity index (χ4n) is 1.40. The quantitative estimate of drug-likeness (QED) is 0.367. The lowest BCUT2D eigenvalue weighted by atomic mass is 10.2. The van der Waals surface area contributed by atoms with Crippen molar-refractivity contribution < 1.29 is 14.4 Å². The van der Waals surface area contributed by atoms with E-state index in [4.69, 9.17) is 21.4 Å². The van der Waals surface area contributed by atoms with Crippen LogP contribution < -0.4 is 15.2 Å². The Morgan fingerprint density at radius 1 is 1.65 bits per heavy atom. The van der Waals surface area contributed by atoms with E-state index in [2.05, 4.69) is 20.7 Å². The van der Waals surface area contributed by atoms with Crippen LogP contribution in [0, 0.1) is 18.3 Å². The highest BCUT2D eigenvalue weighted by atomic mass is 35.5. The van der Waals surface area contributed by atoms with Crippen molar-refractivity contribution in [3.63, 3.8) is 0 Å². The highest BCUT2D eigenvalue weighted by Gasteiger charge is 2.20. The van der Waals surface area contributed by atoms with Gasteiger partial charge in [0.2, 0.25) is 5.27 Å². The third kappa shape index (κ3) is 3.02. The standard InChI is InChI=1S/C11H9ClN6O2/c1-7-8(12)3-2-4-9(7)18-16-11(20-17-18)15-10(19)14-6-5-13/h2-4H,6H2,1H3,(H-,14,15,16,17,19). The Morgan fingerprint density at radius 2 is 2.45 bits per heavy atom. The van der Waals surface area contributed by atoms with E-state index in [0.29, 0.717) is 10.7 Å². The topological polar surface area (TPSA) is 114 Å². The van der Waals surface area contributed by atoms with E-state index in [0.717, 1.165) is 5.56 Å². The predicted octanol–water partition coefficient (Wildman–Crippen LogP) is -0.0401. The van der Waals surface area contributed by atoms with Crippen LogP contribution in [-0.2, 0) is 0 Å². The van der Waals surface area contributed by atoms with Crippen molar-refractivity contribution in [1.29, 1.82) is 5.26 Å². The number of nitrogens with one attached hydrogen (secondary N) is 1. The van der Waals surface area contributed by atoms with Crippen molar-refractivity contribution >= 4 is 23.6 Å². The molecule has 0 radical (unpaired) electrons. The minimum absolute atomic E-state index is 0.129. The van der Waals surface area contributed by atoms with Crippen LogP contribution in [0.4, 0.5) is 6.01 Å². The van der Waals surface area contributed by atoms with Crippen LogP contribution in [0.5, 0.6) is 0 Å². The Balaban J connectivity index is 2.21. The van der Waals surface area contributed by atoms with Crippen molar-refractivity contribution in [1.82, 2.24) is 10.4 Å². The zero-order valence-corrected chi connectivity index (χ0v) is 11.1. The first kappa shape index (κ1) is 13.8. The number of rotatable bonds is 3. The zero-order chi connectivity index (χ0) is 14.5. The number of amidine groups is 1. The Kier molecular flexibility index (Phi) is 4.12. The molecule has 0 aliphatic rings. The summed E-state index contributed by atoms with van der Waals surface area (Å²) in [6.07, 6.45) is 0. The molecule has 1 aromatic heterocycles. The van der Waals surface area contributed by atoms with Crippen LogP contribution in [0.2, 0.25) is 5.02 Å². The molecule has 2 rings (SSSR count). The van der Waals surface area contributed by atoms with Crippen LogP contribution >= 0.6 is 11.6 Å². The van der Waals surface area contributed by atoms with E-state index in [9.17, 15) is 5.11 Å². The maximum absolute atomic E-state index is 11.3. The van der Waals surface area contributed by atoms with Crippen molar-refractivity contribution in [2.24, 2.45) is 4.99 Å². The minimum Gasteiger partial charge on any atom is -0.846 e. The summed E-state index contributed by atoms with van der Waals surface area (Å²) >= 11 is 6.00. The molecule has 0 aliphatic carbocycles. The monoisotopic (exact) mass is 292 g/mol. The van der Waals surface area contributed by atoms with Gasteiger partial charge < -0.3 is 5.11 Å². The smallest absolute Gasteiger partial charge is 0.394 e. The molecule has 0 bridgehead atoms. The SMILES string of the molecule is Cc1c(Cl)cccc1-[n+]1noc(NC([O-])=NCC#N)n1. The summed E-state index contributed by atoms with van der Waals surface area (Å²) in [4.78, 5) is 4.58. The molecule has 0 amide bonds. The molecule has 0 spiro atoms. The lowest BCUT2D eigenvalue weighted by molar-refractivity contribution is -0.725. The molecule has 2 aromatic rings. The molecule has 102 valence electrons. The number of nitriles is 1. The molecule has 1 heterocycles. The zero-order valence-electron chi connectivity index (χ0n) is 10.4. The fourth-order valence-corrected chi connectivity index (χ4v) is 1.57. The maximum atomic E-state index is 11.3. The van der Waals surface area contributed by atoms with Crippen molar-refractivity contribution in [2.45, 2.75) is 6.92 Å². The summed E-state index contributed by atoms with van der Waals surface area (Å²) in [5.74, 6) is 0. The molecular formula is C11H9ClN6O2. The van der Waals surface area contributed by atoms with Gasteiger partial charge in [0.15, 0.2) is 0 Å². The van der Waals surface area contributed by atoms with Gasteiger partial charge in [0.05, 0.1) is 22.2 Å². The van der Waals surface area contributed by atoms with Gasteiger partial charge in [-0.1, -0.05) is 17.7 Å². The van der Waals surface area contributed by atoms with Gasteiger partial charge in [0.1, 0.15) is 11.3 Å².